The van der Waals surface area contributed by atoms with E-state index in [0.717, 1.165) is 0 Å². The maximum atomic E-state index is 11.7. The Labute approximate surface area is 94.0 Å². The van der Waals surface area contributed by atoms with Gasteiger partial charge in [0.05, 0.1) is 26.1 Å². The fraction of sp³-hybridized carbons (Fsp3) is 0.636. The van der Waals surface area contributed by atoms with Crippen molar-refractivity contribution in [2.75, 3.05) is 21.3 Å². The van der Waals surface area contributed by atoms with Crippen molar-refractivity contribution >= 4 is 11.9 Å². The molecule has 0 spiro atoms. The van der Waals surface area contributed by atoms with Gasteiger partial charge in [-0.2, -0.15) is 0 Å². The molecule has 0 radical (unpaired) electrons. The molecule has 88 valence electrons. The maximum absolute atomic E-state index is 11.7. The lowest BCUT2D eigenvalue weighted by Gasteiger charge is -2.21. The number of hydrogen-bond donors (Lipinski definition) is 0. The number of fused-ring (bicyclic) bond motifs is 2. The lowest BCUT2D eigenvalue weighted by atomic mass is 9.83. The Hall–Kier alpha value is -1.36. The molecule has 2 aliphatic rings. The minimum Gasteiger partial charge on any atom is -0.469 e. The van der Waals surface area contributed by atoms with Crippen LogP contribution < -0.4 is 0 Å². The number of carbonyl (C=O) groups is 2. The van der Waals surface area contributed by atoms with Gasteiger partial charge < -0.3 is 9.47 Å². The highest BCUT2D eigenvalue weighted by Crippen LogP contribution is 2.41. The Morgan fingerprint density at radius 1 is 1.00 bits per heavy atom. The van der Waals surface area contributed by atoms with Crippen molar-refractivity contribution in [3.8, 4) is 0 Å². The van der Waals surface area contributed by atoms with Crippen LogP contribution in [0.1, 0.15) is 0 Å². The van der Waals surface area contributed by atoms with E-state index in [9.17, 15) is 9.59 Å². The van der Waals surface area contributed by atoms with Gasteiger partial charge in [0.1, 0.15) is 0 Å². The van der Waals surface area contributed by atoms with E-state index in [1.54, 1.807) is 0 Å². The van der Waals surface area contributed by atoms with E-state index in [1.165, 1.54) is 14.2 Å². The Morgan fingerprint density at radius 3 is 1.69 bits per heavy atom. The highest BCUT2D eigenvalue weighted by molar-refractivity contribution is 5.85. The van der Waals surface area contributed by atoms with Crippen molar-refractivity contribution in [1.82, 2.24) is 4.90 Å². The maximum Gasteiger partial charge on any atom is 0.311 e. The molecular weight excluding hydrogens is 210 g/mol. The van der Waals surface area contributed by atoms with E-state index in [2.05, 4.69) is 0 Å². The highest BCUT2D eigenvalue weighted by atomic mass is 16.5. The van der Waals surface area contributed by atoms with E-state index in [4.69, 9.17) is 9.47 Å². The molecular formula is C11H15NO4. The SMILES string of the molecule is COC(=O)C1C(C(=O)OC)C2C=CC1N2C. The number of methoxy groups -OCH3 is 2. The number of carbonyl (C=O) groups excluding carboxylic acids is 2. The normalized spacial score (nSPS) is 36.4. The molecule has 0 aliphatic carbocycles. The first-order chi connectivity index (χ1) is 7.61. The molecule has 5 heteroatoms. The van der Waals surface area contributed by atoms with Crippen molar-refractivity contribution in [3.05, 3.63) is 12.2 Å². The zero-order valence-electron chi connectivity index (χ0n) is 9.54. The average Bonchev–Trinajstić information content (AvgIpc) is 2.80. The van der Waals surface area contributed by atoms with Crippen LogP contribution in [0.4, 0.5) is 0 Å². The Morgan fingerprint density at radius 2 is 1.38 bits per heavy atom. The van der Waals surface area contributed by atoms with Crippen LogP contribution in [0.2, 0.25) is 0 Å². The molecule has 4 unspecified atom stereocenters. The van der Waals surface area contributed by atoms with Crippen molar-refractivity contribution in [2.24, 2.45) is 11.8 Å². The Bertz CT molecular complexity index is 320. The monoisotopic (exact) mass is 225 g/mol. The molecule has 1 fully saturated rings. The quantitative estimate of drug-likeness (QED) is 0.482. The summed E-state index contributed by atoms with van der Waals surface area (Å²) in [6.07, 6.45) is 3.90. The molecule has 2 heterocycles. The molecule has 0 aromatic carbocycles. The predicted octanol–water partition coefficient (Wildman–Crippen LogP) is -0.183. The van der Waals surface area contributed by atoms with Crippen LogP contribution in [0.15, 0.2) is 12.2 Å². The molecule has 1 saturated heterocycles. The Kier molecular flexibility index (Phi) is 2.71. The molecule has 0 N–H and O–H groups in total. The average molecular weight is 225 g/mol. The molecule has 2 rings (SSSR count). The smallest absolute Gasteiger partial charge is 0.311 e. The summed E-state index contributed by atoms with van der Waals surface area (Å²) in [5.41, 5.74) is 0. The summed E-state index contributed by atoms with van der Waals surface area (Å²) < 4.78 is 9.51. The van der Waals surface area contributed by atoms with Crippen LogP contribution in [0.5, 0.6) is 0 Å². The third-order valence-electron chi connectivity index (χ3n) is 3.52. The molecule has 16 heavy (non-hydrogen) atoms. The van der Waals surface area contributed by atoms with Gasteiger partial charge in [-0.1, -0.05) is 12.2 Å². The lowest BCUT2D eigenvalue weighted by Crippen LogP contribution is -2.37. The van der Waals surface area contributed by atoms with Gasteiger partial charge in [0.15, 0.2) is 0 Å². The second kappa shape index (κ2) is 3.90. The first-order valence-corrected chi connectivity index (χ1v) is 5.17. The fourth-order valence-corrected chi connectivity index (χ4v) is 2.71. The molecule has 0 aromatic rings. The van der Waals surface area contributed by atoms with Gasteiger partial charge in [-0.15, -0.1) is 0 Å². The second-order valence-corrected chi connectivity index (χ2v) is 4.13. The zero-order chi connectivity index (χ0) is 11.9. The molecule has 4 atom stereocenters. The number of likely N-dealkylation sites (N-methyl/N-ethyl adjacent to an activating group) is 1. The van der Waals surface area contributed by atoms with Crippen LogP contribution >= 0.6 is 0 Å². The predicted molar refractivity (Wildman–Crippen MR) is 55.5 cm³/mol. The van der Waals surface area contributed by atoms with Crippen LogP contribution in [0.25, 0.3) is 0 Å². The molecule has 2 bridgehead atoms. The Balaban J connectivity index is 2.31. The van der Waals surface area contributed by atoms with Crippen LogP contribution in [-0.2, 0) is 19.1 Å². The molecule has 0 amide bonds. The van der Waals surface area contributed by atoms with Gasteiger partial charge in [-0.05, 0) is 7.05 Å². The minimum absolute atomic E-state index is 0.0541. The van der Waals surface area contributed by atoms with E-state index in [1.807, 2.05) is 24.1 Å². The minimum atomic E-state index is -0.447. The molecule has 0 aromatic heterocycles. The van der Waals surface area contributed by atoms with E-state index in [0.29, 0.717) is 0 Å². The molecule has 2 aliphatic heterocycles. The third-order valence-corrected chi connectivity index (χ3v) is 3.52. The summed E-state index contributed by atoms with van der Waals surface area (Å²) in [6.45, 7) is 0. The molecule has 0 saturated carbocycles. The number of rotatable bonds is 2. The van der Waals surface area contributed by atoms with Crippen molar-refractivity contribution in [1.29, 1.82) is 0 Å². The van der Waals surface area contributed by atoms with Crippen LogP contribution in [0, 0.1) is 11.8 Å². The van der Waals surface area contributed by atoms with Gasteiger partial charge >= 0.3 is 11.9 Å². The van der Waals surface area contributed by atoms with E-state index >= 15 is 0 Å². The van der Waals surface area contributed by atoms with Crippen molar-refractivity contribution in [3.63, 3.8) is 0 Å². The number of ether oxygens (including phenoxy) is 2. The lowest BCUT2D eigenvalue weighted by molar-refractivity contribution is -0.156. The third kappa shape index (κ3) is 1.35. The number of esters is 2. The van der Waals surface area contributed by atoms with Gasteiger partial charge in [0, 0.05) is 12.1 Å². The summed E-state index contributed by atoms with van der Waals surface area (Å²) >= 11 is 0. The van der Waals surface area contributed by atoms with Gasteiger partial charge in [-0.25, -0.2) is 0 Å². The topological polar surface area (TPSA) is 55.8 Å². The fourth-order valence-electron chi connectivity index (χ4n) is 2.71. The van der Waals surface area contributed by atoms with Crippen LogP contribution in [0.3, 0.4) is 0 Å². The summed E-state index contributed by atoms with van der Waals surface area (Å²) in [5.74, 6) is -1.59. The standard InChI is InChI=1S/C11H15NO4/c1-12-6-4-5-7(12)9(11(14)16-3)8(6)10(13)15-2/h4-9H,1-3H3. The van der Waals surface area contributed by atoms with Gasteiger partial charge in [0.2, 0.25) is 0 Å². The first-order valence-electron chi connectivity index (χ1n) is 5.17. The number of hydrogen-bond acceptors (Lipinski definition) is 5. The zero-order valence-corrected chi connectivity index (χ0v) is 9.54. The van der Waals surface area contributed by atoms with Gasteiger partial charge in [0.25, 0.3) is 0 Å². The molecule has 5 nitrogen and oxygen atoms in total. The van der Waals surface area contributed by atoms with Crippen LogP contribution in [-0.4, -0.2) is 50.2 Å². The van der Waals surface area contributed by atoms with E-state index in [-0.39, 0.29) is 24.0 Å². The summed E-state index contributed by atoms with van der Waals surface area (Å²) in [5, 5.41) is 0. The number of nitrogens with zero attached hydrogens (tertiary/aromatic N) is 1. The highest BCUT2D eigenvalue weighted by Gasteiger charge is 2.55. The second-order valence-electron chi connectivity index (χ2n) is 4.13. The first kappa shape index (κ1) is 11.1. The summed E-state index contributed by atoms with van der Waals surface area (Å²) in [7, 11) is 4.58. The van der Waals surface area contributed by atoms with Gasteiger partial charge in [-0.3, -0.25) is 14.5 Å². The van der Waals surface area contributed by atoms with E-state index < -0.39 is 11.8 Å². The van der Waals surface area contributed by atoms with Crippen molar-refractivity contribution in [2.45, 2.75) is 12.1 Å². The summed E-state index contributed by atoms with van der Waals surface area (Å²) in [4.78, 5) is 25.4. The largest absolute Gasteiger partial charge is 0.469 e. The van der Waals surface area contributed by atoms with Crippen molar-refractivity contribution < 1.29 is 19.1 Å². The summed E-state index contributed by atoms with van der Waals surface area (Å²) in [6, 6.07) is -0.108.